The van der Waals surface area contributed by atoms with Gasteiger partial charge in [-0.1, -0.05) is 189 Å². The van der Waals surface area contributed by atoms with Gasteiger partial charge in [-0.2, -0.15) is 0 Å². The van der Waals surface area contributed by atoms with Gasteiger partial charge in [0, 0.05) is 6.47 Å². The molecule has 0 heterocycles. The van der Waals surface area contributed by atoms with Gasteiger partial charge in [-0.05, 0) is 79.5 Å². The molecule has 0 amide bonds. The summed E-state index contributed by atoms with van der Waals surface area (Å²) in [5.41, 5.74) is 0.0756. The fourth-order valence-electron chi connectivity index (χ4n) is 5.94. The minimum Gasteiger partial charge on any atom is -0.554 e. The summed E-state index contributed by atoms with van der Waals surface area (Å²) in [5, 5.41) is 17.0. The van der Waals surface area contributed by atoms with E-state index in [-0.39, 0.29) is 22.5 Å². The Balaban J connectivity index is 0.00000125. The van der Waals surface area contributed by atoms with Gasteiger partial charge in [0.15, 0.2) is 0 Å². The Morgan fingerprint density at radius 2 is 0.562 bits per heavy atom. The number of hydrogen-bond donors (Lipinski definition) is 0. The normalized spacial score (nSPS) is 11.0. The molecule has 0 aliphatic carbocycles. The molecule has 0 atom stereocenters. The maximum atomic E-state index is 8.25. The van der Waals surface area contributed by atoms with E-state index >= 15 is 0 Å². The average molecular weight is 733 g/mol. The fraction of sp³-hybridized carbons (Fsp3) is 0.119. The van der Waals surface area contributed by atoms with Gasteiger partial charge in [0.2, 0.25) is 0 Å². The van der Waals surface area contributed by atoms with Crippen molar-refractivity contribution in [1.29, 1.82) is 0 Å². The molecule has 0 aliphatic rings. The van der Waals surface area contributed by atoms with E-state index in [4.69, 9.17) is 9.90 Å². The number of benzene rings is 6. The molecule has 2 nitrogen and oxygen atoms in total. The third kappa shape index (κ3) is 10.5. The maximum Gasteiger partial charge on any atom is 1.00 e. The molecule has 246 valence electrons. The summed E-state index contributed by atoms with van der Waals surface area (Å²) >= 11 is 0. The second kappa shape index (κ2) is 19.6. The molecule has 6 heteroatoms. The van der Waals surface area contributed by atoms with Crippen LogP contribution in [0.1, 0.15) is 6.92 Å². The van der Waals surface area contributed by atoms with Crippen LogP contribution in [0, 0.1) is 5.41 Å². The summed E-state index contributed by atoms with van der Waals surface area (Å²) in [6, 6.07) is 67.7. The maximum absolute atomic E-state index is 8.25. The molecule has 6 aromatic rings. The largest absolute Gasteiger partial charge is 1.00 e. The van der Waals surface area contributed by atoms with E-state index < -0.39 is 30.2 Å². The zero-order valence-corrected chi connectivity index (χ0v) is 30.6. The van der Waals surface area contributed by atoms with Crippen LogP contribution in [0.25, 0.3) is 0 Å². The van der Waals surface area contributed by atoms with Gasteiger partial charge in [-0.3, -0.25) is 0 Å². The van der Waals surface area contributed by atoms with Crippen LogP contribution in [-0.2, 0) is 21.9 Å². The summed E-state index contributed by atoms with van der Waals surface area (Å²) in [4.78, 5) is 8.25. The Kier molecular flexibility index (Phi) is 15.2. The number of carbonyl (C=O) groups is 1. The van der Waals surface area contributed by atoms with Crippen LogP contribution < -0.4 is 36.9 Å². The van der Waals surface area contributed by atoms with Gasteiger partial charge in [-0.25, -0.2) is 0 Å². The summed E-state index contributed by atoms with van der Waals surface area (Å²) in [6.07, 6.45) is 3.44. The van der Waals surface area contributed by atoms with Crippen LogP contribution in [0.3, 0.4) is 0 Å². The average Bonchev–Trinajstić information content (AvgIpc) is 3.15. The molecule has 0 saturated heterocycles. The van der Waals surface area contributed by atoms with Crippen molar-refractivity contribution in [2.75, 3.05) is 18.5 Å². The summed E-state index contributed by atoms with van der Waals surface area (Å²) in [5.74, 6) is 0. The van der Waals surface area contributed by atoms with Gasteiger partial charge in [0.25, 0.3) is 0 Å². The Hall–Kier alpha value is -3.40. The third-order valence-electron chi connectivity index (χ3n) is 8.03. The molecular formula is C42H40CuO2P3. The molecule has 6 rings (SSSR count). The van der Waals surface area contributed by atoms with Gasteiger partial charge < -0.3 is 9.90 Å². The van der Waals surface area contributed by atoms with Crippen LogP contribution >= 0.6 is 23.8 Å². The number of carbonyl (C=O) groups excluding carboxylic acids is 1. The Morgan fingerprint density at radius 3 is 0.708 bits per heavy atom. The minimum absolute atomic E-state index is 0. The summed E-state index contributed by atoms with van der Waals surface area (Å²) in [6.45, 7) is 2.11. The molecule has 0 bridgehead atoms. The fourth-order valence-corrected chi connectivity index (χ4v) is 14.6. The van der Waals surface area contributed by atoms with Gasteiger partial charge >= 0.3 is 17.1 Å². The molecule has 48 heavy (non-hydrogen) atoms. The van der Waals surface area contributed by atoms with Crippen LogP contribution in [0.2, 0.25) is 0 Å². The van der Waals surface area contributed by atoms with Gasteiger partial charge in [0.1, 0.15) is 0 Å². The zero-order valence-electron chi connectivity index (χ0n) is 27.0. The van der Waals surface area contributed by atoms with Crippen LogP contribution in [0.5, 0.6) is 0 Å². The van der Waals surface area contributed by atoms with Crippen LogP contribution in [-0.4, -0.2) is 25.0 Å². The molecule has 0 spiro atoms. The molecule has 0 fully saturated rings. The zero-order chi connectivity index (χ0) is 32.7. The van der Waals surface area contributed by atoms with E-state index in [1.165, 1.54) is 31.8 Å². The van der Waals surface area contributed by atoms with Crippen molar-refractivity contribution >= 4 is 62.1 Å². The Bertz CT molecular complexity index is 1420. The predicted molar refractivity (Wildman–Crippen MR) is 206 cm³/mol. The molecule has 0 saturated carbocycles. The first-order valence-electron chi connectivity index (χ1n) is 15.8. The Labute approximate surface area is 300 Å². The van der Waals surface area contributed by atoms with Crippen molar-refractivity contribution < 1.29 is 27.0 Å². The Morgan fingerprint density at radius 1 is 0.417 bits per heavy atom. The number of carboxylic acid groups (broad SMARTS) is 1. The van der Waals surface area contributed by atoms with E-state index in [0.717, 1.165) is 18.5 Å². The van der Waals surface area contributed by atoms with Crippen LogP contribution in [0.15, 0.2) is 182 Å². The minimum atomic E-state index is -0.555. The predicted octanol–water partition coefficient (Wildman–Crippen LogP) is 6.76. The number of hydrogen-bond acceptors (Lipinski definition) is 2. The van der Waals surface area contributed by atoms with E-state index in [1.807, 2.05) is 0 Å². The van der Waals surface area contributed by atoms with E-state index in [2.05, 4.69) is 189 Å². The second-order valence-electron chi connectivity index (χ2n) is 11.7. The van der Waals surface area contributed by atoms with Crippen molar-refractivity contribution in [2.45, 2.75) is 6.92 Å². The van der Waals surface area contributed by atoms with E-state index in [0.29, 0.717) is 0 Å². The first kappa shape index (κ1) is 37.4. The van der Waals surface area contributed by atoms with Crippen molar-refractivity contribution in [3.63, 3.8) is 0 Å². The summed E-state index contributed by atoms with van der Waals surface area (Å²) in [7, 11) is -1.66. The monoisotopic (exact) mass is 732 g/mol. The van der Waals surface area contributed by atoms with E-state index in [9.17, 15) is 0 Å². The summed E-state index contributed by atoms with van der Waals surface area (Å²) < 4.78 is 0. The molecular weight excluding hydrogens is 693 g/mol. The van der Waals surface area contributed by atoms with Crippen molar-refractivity contribution in [3.05, 3.63) is 182 Å². The molecule has 6 aromatic carbocycles. The van der Waals surface area contributed by atoms with Crippen LogP contribution in [0.4, 0.5) is 0 Å². The second-order valence-corrected chi connectivity index (χ2v) is 18.3. The third-order valence-corrected chi connectivity index (χ3v) is 16.8. The molecule has 0 N–H and O–H groups in total. The SMILES string of the molecule is CC(CP(c1ccccc1)c1ccccc1)(CP(c1ccccc1)c1ccccc1)CP(c1ccccc1)c1ccccc1.O=C[O-].[Cu+]. The first-order chi connectivity index (χ1) is 23.1. The first-order valence-corrected chi connectivity index (χ1v) is 20.4. The topological polar surface area (TPSA) is 40.1 Å². The quantitative estimate of drug-likeness (QED) is 0.0794. The smallest absolute Gasteiger partial charge is 0.554 e. The molecule has 0 radical (unpaired) electrons. The molecule has 0 aromatic heterocycles. The standard InChI is InChI=1S/C41H39P3.CH2O2.Cu/c1-41(32-42(35-20-8-2-9-21-35)36-22-10-3-11-23-36,33-43(37-24-12-4-13-25-37)38-26-14-5-15-27-38)34-44(39-28-16-6-17-29-39)40-30-18-7-19-31-40;2-1-3;/h2-31H,32-34H2,1H3;1H,(H,2,3);/q;;+1/p-1. The number of rotatable bonds is 12. The van der Waals surface area contributed by atoms with Crippen molar-refractivity contribution in [3.8, 4) is 0 Å². The molecule has 0 aliphatic heterocycles. The van der Waals surface area contributed by atoms with Crippen molar-refractivity contribution in [1.82, 2.24) is 0 Å². The van der Waals surface area contributed by atoms with Gasteiger partial charge in [-0.15, -0.1) is 0 Å². The van der Waals surface area contributed by atoms with E-state index in [1.54, 1.807) is 0 Å². The molecule has 0 unspecified atom stereocenters. The van der Waals surface area contributed by atoms with Gasteiger partial charge in [0.05, 0.1) is 0 Å². The van der Waals surface area contributed by atoms with Crippen molar-refractivity contribution in [2.24, 2.45) is 5.41 Å².